The first kappa shape index (κ1) is 17.1. The van der Waals surface area contributed by atoms with E-state index in [-0.39, 0.29) is 17.0 Å². The van der Waals surface area contributed by atoms with E-state index in [4.69, 9.17) is 10.4 Å². The van der Waals surface area contributed by atoms with Gasteiger partial charge in [-0.3, -0.25) is 0 Å². The fourth-order valence-corrected chi connectivity index (χ4v) is 2.77. The topological polar surface area (TPSA) is 107 Å². The summed E-state index contributed by atoms with van der Waals surface area (Å²) in [6, 6.07) is 3.74. The first-order valence-electron chi connectivity index (χ1n) is 5.94. The third-order valence-electron chi connectivity index (χ3n) is 2.78. The molecule has 1 aromatic carbocycles. The summed E-state index contributed by atoms with van der Waals surface area (Å²) in [6.07, 6.45) is 0. The summed E-state index contributed by atoms with van der Waals surface area (Å²) in [6.45, 7) is 4.23. The number of nitriles is 1. The zero-order valence-electron chi connectivity index (χ0n) is 11.8. The van der Waals surface area contributed by atoms with Crippen molar-refractivity contribution in [3.05, 3.63) is 29.1 Å². The molecular weight excluding hydrogens is 299 g/mol. The van der Waals surface area contributed by atoms with E-state index in [2.05, 4.69) is 4.72 Å². The highest BCUT2D eigenvalue weighted by atomic mass is 32.2. The molecule has 0 bridgehead atoms. The van der Waals surface area contributed by atoms with Crippen molar-refractivity contribution >= 4 is 16.0 Å². The van der Waals surface area contributed by atoms with Crippen LogP contribution in [-0.4, -0.2) is 26.0 Å². The number of halogens is 1. The quantitative estimate of drug-likeness (QED) is 0.859. The standard InChI is InChI=1S/C13H15FN2O4S/c1-8-4-9(5-10(11(8)14)12(17)18)21(19,20)16-7-13(2,3)6-15/h4-5,16H,7H2,1-3H3,(H,17,18). The van der Waals surface area contributed by atoms with Gasteiger partial charge in [-0.15, -0.1) is 0 Å². The summed E-state index contributed by atoms with van der Waals surface area (Å²) in [7, 11) is -4.03. The van der Waals surface area contributed by atoms with Crippen molar-refractivity contribution in [1.82, 2.24) is 4.72 Å². The predicted octanol–water partition coefficient (Wildman–Crippen LogP) is 1.66. The molecule has 8 heteroatoms. The molecule has 0 fully saturated rings. The molecule has 0 radical (unpaired) electrons. The van der Waals surface area contributed by atoms with Crippen LogP contribution in [0.15, 0.2) is 17.0 Å². The number of hydrogen-bond acceptors (Lipinski definition) is 4. The Morgan fingerprint density at radius 1 is 1.48 bits per heavy atom. The van der Waals surface area contributed by atoms with E-state index in [1.807, 2.05) is 6.07 Å². The Hall–Kier alpha value is -1.98. The minimum absolute atomic E-state index is 0.0881. The molecule has 0 aliphatic carbocycles. The van der Waals surface area contributed by atoms with Crippen LogP contribution < -0.4 is 4.72 Å². The van der Waals surface area contributed by atoms with Gasteiger partial charge in [0, 0.05) is 6.54 Å². The van der Waals surface area contributed by atoms with Crippen molar-refractivity contribution in [2.75, 3.05) is 6.54 Å². The highest BCUT2D eigenvalue weighted by Gasteiger charge is 2.24. The van der Waals surface area contributed by atoms with E-state index in [9.17, 15) is 17.6 Å². The Kier molecular flexibility index (Phi) is 4.71. The molecule has 21 heavy (non-hydrogen) atoms. The third kappa shape index (κ3) is 4.00. The third-order valence-corrected chi connectivity index (χ3v) is 4.16. The Morgan fingerprint density at radius 3 is 2.52 bits per heavy atom. The second-order valence-electron chi connectivity index (χ2n) is 5.23. The lowest BCUT2D eigenvalue weighted by Crippen LogP contribution is -2.33. The molecule has 0 aliphatic rings. The van der Waals surface area contributed by atoms with E-state index in [0.29, 0.717) is 0 Å². The molecule has 1 rings (SSSR count). The second kappa shape index (κ2) is 5.79. The SMILES string of the molecule is Cc1cc(S(=O)(=O)NCC(C)(C)C#N)cc(C(=O)O)c1F. The van der Waals surface area contributed by atoms with Gasteiger partial charge in [0.25, 0.3) is 0 Å². The number of nitrogens with zero attached hydrogens (tertiary/aromatic N) is 1. The zero-order chi connectivity index (χ0) is 16.4. The molecule has 0 saturated heterocycles. The lowest BCUT2D eigenvalue weighted by atomic mass is 9.97. The minimum Gasteiger partial charge on any atom is -0.478 e. The van der Waals surface area contributed by atoms with E-state index in [0.717, 1.165) is 12.1 Å². The van der Waals surface area contributed by atoms with Crippen molar-refractivity contribution in [3.63, 3.8) is 0 Å². The van der Waals surface area contributed by atoms with Gasteiger partial charge in [-0.2, -0.15) is 5.26 Å². The van der Waals surface area contributed by atoms with Crippen LogP contribution in [-0.2, 0) is 10.0 Å². The predicted molar refractivity (Wildman–Crippen MR) is 72.7 cm³/mol. The molecule has 1 aromatic rings. The number of aromatic carboxylic acids is 1. The molecule has 0 aromatic heterocycles. The molecule has 6 nitrogen and oxygen atoms in total. The van der Waals surface area contributed by atoms with E-state index in [1.165, 1.54) is 6.92 Å². The maximum atomic E-state index is 13.6. The van der Waals surface area contributed by atoms with Gasteiger partial charge < -0.3 is 5.11 Å². The molecule has 114 valence electrons. The maximum Gasteiger partial charge on any atom is 0.338 e. The summed E-state index contributed by atoms with van der Waals surface area (Å²) in [5.74, 6) is -2.52. The number of carboxylic acid groups (broad SMARTS) is 1. The normalized spacial score (nSPS) is 12.0. The van der Waals surface area contributed by atoms with Gasteiger partial charge in [0.05, 0.1) is 21.9 Å². The van der Waals surface area contributed by atoms with Crippen molar-refractivity contribution in [2.24, 2.45) is 5.41 Å². The second-order valence-corrected chi connectivity index (χ2v) is 6.99. The van der Waals surface area contributed by atoms with Gasteiger partial charge >= 0.3 is 5.97 Å². The van der Waals surface area contributed by atoms with Crippen molar-refractivity contribution in [2.45, 2.75) is 25.7 Å². The van der Waals surface area contributed by atoms with Crippen molar-refractivity contribution in [1.29, 1.82) is 5.26 Å². The number of rotatable bonds is 5. The average Bonchev–Trinajstić information content (AvgIpc) is 2.39. The van der Waals surface area contributed by atoms with Crippen LogP contribution in [0.5, 0.6) is 0 Å². The van der Waals surface area contributed by atoms with E-state index < -0.39 is 32.8 Å². The van der Waals surface area contributed by atoms with Gasteiger partial charge in [-0.1, -0.05) is 0 Å². The van der Waals surface area contributed by atoms with Crippen LogP contribution in [0.25, 0.3) is 0 Å². The summed E-state index contributed by atoms with van der Waals surface area (Å²) < 4.78 is 40.0. The number of carbonyl (C=O) groups is 1. The Morgan fingerprint density at radius 2 is 2.05 bits per heavy atom. The van der Waals surface area contributed by atoms with E-state index >= 15 is 0 Å². The molecule has 0 unspecified atom stereocenters. The Balaban J connectivity index is 3.22. The van der Waals surface area contributed by atoms with Crippen LogP contribution in [0.2, 0.25) is 0 Å². The fraction of sp³-hybridized carbons (Fsp3) is 0.385. The highest BCUT2D eigenvalue weighted by molar-refractivity contribution is 7.89. The summed E-state index contributed by atoms with van der Waals surface area (Å²) in [5.41, 5.74) is -1.72. The van der Waals surface area contributed by atoms with Crippen molar-refractivity contribution < 1.29 is 22.7 Å². The van der Waals surface area contributed by atoms with Gasteiger partial charge in [0.15, 0.2) is 0 Å². The van der Waals surface area contributed by atoms with Crippen LogP contribution in [0.3, 0.4) is 0 Å². The molecule has 0 saturated carbocycles. The number of benzene rings is 1. The molecule has 0 aliphatic heterocycles. The largest absolute Gasteiger partial charge is 0.478 e. The van der Waals surface area contributed by atoms with Crippen molar-refractivity contribution in [3.8, 4) is 6.07 Å². The molecule has 0 heterocycles. The first-order chi connectivity index (χ1) is 9.50. The number of carboxylic acids is 1. The van der Waals surface area contributed by atoms with Crippen LogP contribution in [0.1, 0.15) is 29.8 Å². The minimum atomic E-state index is -4.03. The monoisotopic (exact) mass is 314 g/mol. The number of hydrogen-bond donors (Lipinski definition) is 2. The maximum absolute atomic E-state index is 13.6. The molecule has 0 spiro atoms. The van der Waals surface area contributed by atoms with Gasteiger partial charge in [0.2, 0.25) is 10.0 Å². The zero-order valence-corrected chi connectivity index (χ0v) is 12.6. The lowest BCUT2D eigenvalue weighted by Gasteiger charge is -2.16. The van der Waals surface area contributed by atoms with Crippen LogP contribution >= 0.6 is 0 Å². The Labute approximate surface area is 122 Å². The number of nitrogens with one attached hydrogen (secondary N) is 1. The Bertz CT molecular complexity index is 720. The summed E-state index contributed by atoms with van der Waals surface area (Å²) >= 11 is 0. The summed E-state index contributed by atoms with van der Waals surface area (Å²) in [5, 5.41) is 17.7. The molecule has 0 atom stereocenters. The van der Waals surface area contributed by atoms with Crippen LogP contribution in [0, 0.1) is 29.5 Å². The lowest BCUT2D eigenvalue weighted by molar-refractivity contribution is 0.0691. The number of aryl methyl sites for hydroxylation is 1. The van der Waals surface area contributed by atoms with Gasteiger partial charge in [-0.25, -0.2) is 22.3 Å². The first-order valence-corrected chi connectivity index (χ1v) is 7.43. The van der Waals surface area contributed by atoms with Crippen LogP contribution in [0.4, 0.5) is 4.39 Å². The summed E-state index contributed by atoms with van der Waals surface area (Å²) in [4.78, 5) is 10.6. The fourth-order valence-electron chi connectivity index (χ4n) is 1.45. The highest BCUT2D eigenvalue weighted by Crippen LogP contribution is 2.20. The number of sulfonamides is 1. The smallest absolute Gasteiger partial charge is 0.338 e. The molecular formula is C13H15FN2O4S. The molecule has 2 N–H and O–H groups in total. The van der Waals surface area contributed by atoms with Gasteiger partial charge in [-0.05, 0) is 38.5 Å². The average molecular weight is 314 g/mol. The van der Waals surface area contributed by atoms with Gasteiger partial charge in [0.1, 0.15) is 5.82 Å². The van der Waals surface area contributed by atoms with E-state index in [1.54, 1.807) is 13.8 Å². The molecule has 0 amide bonds.